The number of carbonyl (C=O) groups is 1. The van der Waals surface area contributed by atoms with Crippen LogP contribution in [0.4, 0.5) is 0 Å². The van der Waals surface area contributed by atoms with E-state index in [1.54, 1.807) is 6.92 Å². The van der Waals surface area contributed by atoms with Gasteiger partial charge in [-0.15, -0.1) is 0 Å². The van der Waals surface area contributed by atoms with Crippen LogP contribution in [0.1, 0.15) is 6.92 Å². The first-order valence-electron chi connectivity index (χ1n) is 7.10. The molecule has 3 nitrogen and oxygen atoms in total. The van der Waals surface area contributed by atoms with Crippen molar-refractivity contribution in [2.24, 2.45) is 0 Å². The molecule has 0 saturated heterocycles. The first kappa shape index (κ1) is 16.4. The fraction of sp³-hybridized carbons (Fsp3) is 0.167. The van der Waals surface area contributed by atoms with Crippen molar-refractivity contribution < 1.29 is 14.1 Å². The molecule has 0 aliphatic carbocycles. The zero-order valence-corrected chi connectivity index (χ0v) is 13.5. The van der Waals surface area contributed by atoms with Crippen LogP contribution in [0.5, 0.6) is 0 Å². The highest BCUT2D eigenvalue weighted by Crippen LogP contribution is 2.35. The molecular weight excluding hydrogens is 295 g/mol. The van der Waals surface area contributed by atoms with Crippen LogP contribution in [0.15, 0.2) is 72.8 Å². The number of hydrogen-bond donors (Lipinski definition) is 0. The minimum absolute atomic E-state index is 0.161. The maximum Gasteiger partial charge on any atom is 0.335 e. The molecule has 0 heterocycles. The van der Waals surface area contributed by atoms with Crippen molar-refractivity contribution >= 4 is 24.7 Å². The predicted octanol–water partition coefficient (Wildman–Crippen LogP) is 3.17. The van der Waals surface area contributed by atoms with Crippen molar-refractivity contribution in [1.82, 2.24) is 0 Å². The van der Waals surface area contributed by atoms with Crippen LogP contribution in [-0.2, 0) is 14.1 Å². The van der Waals surface area contributed by atoms with E-state index in [4.69, 9.17) is 9.26 Å². The number of hydrogen-bond acceptors (Lipinski definition) is 3. The molecule has 0 radical (unpaired) electrons. The van der Waals surface area contributed by atoms with Crippen LogP contribution in [0, 0.1) is 0 Å². The van der Waals surface area contributed by atoms with Crippen molar-refractivity contribution in [1.29, 1.82) is 0 Å². The van der Waals surface area contributed by atoms with E-state index in [1.165, 1.54) is 0 Å². The summed E-state index contributed by atoms with van der Waals surface area (Å²) in [5.74, 6) is -0.404. The maximum atomic E-state index is 11.6. The zero-order chi connectivity index (χ0) is 15.8. The van der Waals surface area contributed by atoms with Gasteiger partial charge in [0.15, 0.2) is 0 Å². The third kappa shape index (κ3) is 4.52. The molecule has 2 aromatic rings. The van der Waals surface area contributed by atoms with E-state index in [-0.39, 0.29) is 6.61 Å². The molecule has 0 unspecified atom stereocenters. The molecule has 114 valence electrons. The molecule has 0 aliphatic heterocycles. The molecule has 0 aliphatic rings. The number of carbonyl (C=O) groups excluding carboxylic acids is 1. The standard InChI is InChI=1S/C18H19O3P/c1-3-20-18(19)15(2)14-21-22(16-10-6-4-7-11-16)17-12-8-5-9-13-17/h4-13H,2-3,14H2,1H3. The molecule has 22 heavy (non-hydrogen) atoms. The van der Waals surface area contributed by atoms with Gasteiger partial charge in [-0.1, -0.05) is 67.2 Å². The summed E-state index contributed by atoms with van der Waals surface area (Å²) in [4.78, 5) is 11.6. The Morgan fingerprint density at radius 3 is 1.95 bits per heavy atom. The molecule has 2 rings (SSSR count). The van der Waals surface area contributed by atoms with Gasteiger partial charge in [0.25, 0.3) is 0 Å². The molecule has 4 heteroatoms. The van der Waals surface area contributed by atoms with E-state index in [9.17, 15) is 4.79 Å². The summed E-state index contributed by atoms with van der Waals surface area (Å²) in [5.41, 5.74) is 0.334. The van der Waals surface area contributed by atoms with Gasteiger partial charge >= 0.3 is 5.97 Å². The predicted molar refractivity (Wildman–Crippen MR) is 90.8 cm³/mol. The normalized spacial score (nSPS) is 10.5. The van der Waals surface area contributed by atoms with Crippen LogP contribution in [-0.4, -0.2) is 19.2 Å². The van der Waals surface area contributed by atoms with Gasteiger partial charge in [-0.25, -0.2) is 4.79 Å². The Kier molecular flexibility index (Phi) is 6.32. The summed E-state index contributed by atoms with van der Waals surface area (Å²) in [6.07, 6.45) is 0. The Morgan fingerprint density at radius 1 is 1.00 bits per heavy atom. The van der Waals surface area contributed by atoms with Crippen LogP contribution in [0.25, 0.3) is 0 Å². The highest BCUT2D eigenvalue weighted by molar-refractivity contribution is 7.68. The van der Waals surface area contributed by atoms with E-state index >= 15 is 0 Å². The van der Waals surface area contributed by atoms with E-state index in [0.717, 1.165) is 10.6 Å². The van der Waals surface area contributed by atoms with E-state index in [0.29, 0.717) is 12.2 Å². The highest BCUT2D eigenvalue weighted by Gasteiger charge is 2.17. The van der Waals surface area contributed by atoms with Crippen molar-refractivity contribution in [2.75, 3.05) is 13.2 Å². The minimum Gasteiger partial charge on any atom is -0.463 e. The lowest BCUT2D eigenvalue weighted by Crippen LogP contribution is -2.17. The Hall–Kier alpha value is -1.96. The SMILES string of the molecule is C=C(COP(c1ccccc1)c1ccccc1)C(=O)OCC. The van der Waals surface area contributed by atoms with Crippen molar-refractivity contribution in [2.45, 2.75) is 6.92 Å². The summed E-state index contributed by atoms with van der Waals surface area (Å²) < 4.78 is 10.9. The summed E-state index contributed by atoms with van der Waals surface area (Å²) in [5, 5.41) is 2.20. The van der Waals surface area contributed by atoms with Gasteiger partial charge in [-0.05, 0) is 6.92 Å². The summed E-state index contributed by atoms with van der Waals surface area (Å²) >= 11 is 0. The fourth-order valence-electron chi connectivity index (χ4n) is 1.86. The lowest BCUT2D eigenvalue weighted by molar-refractivity contribution is -0.138. The average molecular weight is 314 g/mol. The van der Waals surface area contributed by atoms with Gasteiger partial charge < -0.3 is 9.26 Å². The molecule has 0 spiro atoms. The highest BCUT2D eigenvalue weighted by atomic mass is 31.1. The average Bonchev–Trinajstić information content (AvgIpc) is 2.57. The van der Waals surface area contributed by atoms with Crippen molar-refractivity contribution in [3.63, 3.8) is 0 Å². The molecule has 0 saturated carbocycles. The summed E-state index contributed by atoms with van der Waals surface area (Å²) in [6.45, 7) is 6.01. The van der Waals surface area contributed by atoms with E-state index < -0.39 is 14.1 Å². The first-order valence-corrected chi connectivity index (χ1v) is 8.36. The molecule has 0 aromatic heterocycles. The zero-order valence-electron chi connectivity index (χ0n) is 12.6. The largest absolute Gasteiger partial charge is 0.463 e. The molecule has 0 N–H and O–H groups in total. The second-order valence-corrected chi connectivity index (χ2v) is 6.44. The van der Waals surface area contributed by atoms with Gasteiger partial charge in [0.05, 0.1) is 26.9 Å². The number of esters is 1. The van der Waals surface area contributed by atoms with Gasteiger partial charge in [-0.2, -0.15) is 0 Å². The number of ether oxygens (including phenoxy) is 1. The van der Waals surface area contributed by atoms with Crippen LogP contribution in [0.2, 0.25) is 0 Å². The van der Waals surface area contributed by atoms with Crippen molar-refractivity contribution in [3.05, 3.63) is 72.8 Å². The molecule has 0 atom stereocenters. The van der Waals surface area contributed by atoms with Gasteiger partial charge in [0.2, 0.25) is 0 Å². The lowest BCUT2D eigenvalue weighted by atomic mass is 10.3. The quantitative estimate of drug-likeness (QED) is 0.447. The molecule has 0 bridgehead atoms. The van der Waals surface area contributed by atoms with Crippen molar-refractivity contribution in [3.8, 4) is 0 Å². The Morgan fingerprint density at radius 2 is 1.50 bits per heavy atom. The molecule has 0 amide bonds. The van der Waals surface area contributed by atoms with Gasteiger partial charge in [0.1, 0.15) is 0 Å². The maximum absolute atomic E-state index is 11.6. The molecule has 0 fully saturated rings. The number of benzene rings is 2. The monoisotopic (exact) mass is 314 g/mol. The fourth-order valence-corrected chi connectivity index (χ4v) is 3.63. The van der Waals surface area contributed by atoms with Gasteiger partial charge in [-0.3, -0.25) is 0 Å². The Balaban J connectivity index is 2.13. The second kappa shape index (κ2) is 8.47. The van der Waals surface area contributed by atoms with E-state index in [1.807, 2.05) is 60.7 Å². The minimum atomic E-state index is -0.986. The third-order valence-corrected chi connectivity index (χ3v) is 4.84. The Bertz CT molecular complexity index is 571. The Labute approximate surface area is 132 Å². The summed E-state index contributed by atoms with van der Waals surface area (Å²) in [6, 6.07) is 20.0. The second-order valence-electron chi connectivity index (χ2n) is 4.56. The smallest absolute Gasteiger partial charge is 0.335 e. The van der Waals surface area contributed by atoms with Gasteiger partial charge in [0, 0.05) is 10.6 Å². The van der Waals surface area contributed by atoms with Crippen LogP contribution >= 0.6 is 8.15 Å². The first-order chi connectivity index (χ1) is 10.7. The molecular formula is C18H19O3P. The third-order valence-electron chi connectivity index (χ3n) is 2.91. The van der Waals surface area contributed by atoms with Crippen LogP contribution in [0.3, 0.4) is 0 Å². The number of rotatable bonds is 7. The van der Waals surface area contributed by atoms with E-state index in [2.05, 4.69) is 6.58 Å². The van der Waals surface area contributed by atoms with Crippen LogP contribution < -0.4 is 10.6 Å². The summed E-state index contributed by atoms with van der Waals surface area (Å²) in [7, 11) is -0.986. The topological polar surface area (TPSA) is 35.5 Å². The lowest BCUT2D eigenvalue weighted by Gasteiger charge is -2.18. The molecule has 2 aromatic carbocycles.